The average molecular weight is 643 g/mol. The second-order valence-corrected chi connectivity index (χ2v) is 12.4. The first kappa shape index (κ1) is 32.7. The van der Waals surface area contributed by atoms with Gasteiger partial charge in [-0.2, -0.15) is 13.2 Å². The Morgan fingerprint density at radius 1 is 1.26 bits per heavy atom. The van der Waals surface area contributed by atoms with Crippen LogP contribution >= 0.6 is 19.2 Å². The van der Waals surface area contributed by atoms with E-state index in [1.807, 2.05) is 0 Å². The van der Waals surface area contributed by atoms with E-state index < -0.39 is 37.5 Å². The number of cyclic esters (lactones) is 1. The highest BCUT2D eigenvalue weighted by Gasteiger charge is 2.62. The predicted octanol–water partition coefficient (Wildman–Crippen LogP) is 6.45. The smallest absolute Gasteiger partial charge is 0.445 e. The van der Waals surface area contributed by atoms with Crippen molar-refractivity contribution in [3.8, 4) is 17.6 Å². The Hall–Kier alpha value is -3.23. The molecular formula is C29H31ClF3N2O7P. The molecule has 2 aromatic carbocycles. The van der Waals surface area contributed by atoms with Crippen molar-refractivity contribution in [2.24, 2.45) is 5.92 Å². The number of hydrogen-bond acceptors (Lipinski definition) is 8. The molecule has 3 atom stereocenters. The van der Waals surface area contributed by atoms with Crippen LogP contribution in [0.25, 0.3) is 0 Å². The van der Waals surface area contributed by atoms with Gasteiger partial charge < -0.3 is 19.3 Å². The van der Waals surface area contributed by atoms with Crippen LogP contribution in [0.2, 0.25) is 5.02 Å². The van der Waals surface area contributed by atoms with Crippen LogP contribution in [0.1, 0.15) is 37.8 Å². The van der Waals surface area contributed by atoms with Gasteiger partial charge in [0.2, 0.25) is 0 Å². The Labute approximate surface area is 252 Å². The molecule has 0 bridgehead atoms. The third-order valence-electron chi connectivity index (χ3n) is 6.54. The second-order valence-electron chi connectivity index (χ2n) is 9.96. The molecule has 1 saturated carbocycles. The molecule has 2 aromatic rings. The Kier molecular flexibility index (Phi) is 10.3. The number of ether oxygens (including phenoxy) is 2. The number of benzene rings is 2. The summed E-state index contributed by atoms with van der Waals surface area (Å²) >= 11 is 6.40. The van der Waals surface area contributed by atoms with E-state index in [1.165, 1.54) is 13.0 Å². The van der Waals surface area contributed by atoms with Gasteiger partial charge in [-0.25, -0.2) is 14.2 Å². The number of fused-ring (bicyclic) bond motifs is 1. The lowest BCUT2D eigenvalue weighted by Crippen LogP contribution is -2.49. The summed E-state index contributed by atoms with van der Waals surface area (Å²) in [6.45, 7) is 3.60. The van der Waals surface area contributed by atoms with Gasteiger partial charge in [0.05, 0.1) is 18.5 Å². The van der Waals surface area contributed by atoms with Crippen molar-refractivity contribution in [3.63, 3.8) is 0 Å². The van der Waals surface area contributed by atoms with Gasteiger partial charge >= 0.3 is 25.8 Å². The number of nitrogens with one attached hydrogen (secondary N) is 2. The third-order valence-corrected chi connectivity index (χ3v) is 8.79. The molecule has 14 heteroatoms. The van der Waals surface area contributed by atoms with Crippen LogP contribution < -0.4 is 15.2 Å². The molecule has 43 heavy (non-hydrogen) atoms. The van der Waals surface area contributed by atoms with E-state index in [-0.39, 0.29) is 54.5 Å². The number of carbonyl (C=O) groups is 2. The van der Waals surface area contributed by atoms with Gasteiger partial charge in [-0.1, -0.05) is 35.7 Å². The van der Waals surface area contributed by atoms with Gasteiger partial charge in [0.25, 0.3) is 5.60 Å². The number of carbonyl (C=O) groups excluding carboxylic acids is 2. The van der Waals surface area contributed by atoms with Crippen LogP contribution in [-0.4, -0.2) is 50.2 Å². The summed E-state index contributed by atoms with van der Waals surface area (Å²) < 4.78 is 77.4. The highest BCUT2D eigenvalue weighted by atomic mass is 35.5. The van der Waals surface area contributed by atoms with E-state index in [2.05, 4.69) is 22.5 Å². The lowest BCUT2D eigenvalue weighted by atomic mass is 9.89. The Balaban J connectivity index is 1.43. The van der Waals surface area contributed by atoms with Crippen molar-refractivity contribution in [1.29, 1.82) is 0 Å². The summed E-state index contributed by atoms with van der Waals surface area (Å²) in [6.07, 6.45) is -5.89. The lowest BCUT2D eigenvalue weighted by Gasteiger charge is -2.36. The predicted molar refractivity (Wildman–Crippen MR) is 153 cm³/mol. The maximum absolute atomic E-state index is 14.3. The van der Waals surface area contributed by atoms with Crippen LogP contribution in [-0.2, 0) is 35.4 Å². The lowest BCUT2D eigenvalue weighted by molar-refractivity contribution is -0.239. The molecule has 1 fully saturated rings. The zero-order valence-electron chi connectivity index (χ0n) is 23.5. The summed E-state index contributed by atoms with van der Waals surface area (Å²) in [5, 5.41) is 5.43. The summed E-state index contributed by atoms with van der Waals surface area (Å²) in [6, 6.07) is 10.8. The molecule has 1 heterocycles. The Morgan fingerprint density at radius 3 is 2.63 bits per heavy atom. The zero-order chi connectivity index (χ0) is 31.3. The third kappa shape index (κ3) is 8.24. The second kappa shape index (κ2) is 13.6. The summed E-state index contributed by atoms with van der Waals surface area (Å²) in [7, 11) is -3.83. The number of alkyl halides is 3. The minimum atomic E-state index is -5.00. The standard InChI is InChI=1S/C29H31ClF3N2O7P/c1-3-39-26(36)19(2)41-43(38,42-22-7-5-4-6-8-22)16-15-34-14-12-21-17-25-23(18-24(21)30)28(29(31,32)33,40-27(37)35-25)13-11-20-9-10-20/h4-8,17-20,34H,3,9-10,12,14-16H2,1-2H3,(H,35,37)/t19-,28-,43?/m0/s1. The minimum Gasteiger partial charge on any atom is -0.464 e. The molecule has 1 aliphatic carbocycles. The summed E-state index contributed by atoms with van der Waals surface area (Å²) in [4.78, 5) is 24.3. The Bertz CT molecular complexity index is 1440. The Morgan fingerprint density at radius 2 is 1.98 bits per heavy atom. The van der Waals surface area contributed by atoms with Crippen molar-refractivity contribution in [1.82, 2.24) is 5.32 Å². The highest BCUT2D eigenvalue weighted by Crippen LogP contribution is 2.50. The summed E-state index contributed by atoms with van der Waals surface area (Å²) in [5.74, 6) is 4.21. The van der Waals surface area contributed by atoms with Crippen LogP contribution in [0.5, 0.6) is 5.75 Å². The van der Waals surface area contributed by atoms with E-state index in [0.29, 0.717) is 24.2 Å². The average Bonchev–Trinajstić information content (AvgIpc) is 3.77. The molecule has 0 aromatic heterocycles. The first-order valence-electron chi connectivity index (χ1n) is 13.7. The maximum atomic E-state index is 14.3. The van der Waals surface area contributed by atoms with Crippen molar-refractivity contribution in [2.75, 3.05) is 31.2 Å². The molecule has 2 N–H and O–H groups in total. The molecule has 232 valence electrons. The normalized spacial score (nSPS) is 19.9. The van der Waals surface area contributed by atoms with E-state index in [4.69, 9.17) is 30.1 Å². The number of hydrogen-bond donors (Lipinski definition) is 2. The van der Waals surface area contributed by atoms with Crippen molar-refractivity contribution in [2.45, 2.75) is 51.0 Å². The molecule has 0 saturated heterocycles. The topological polar surface area (TPSA) is 112 Å². The van der Waals surface area contributed by atoms with E-state index in [9.17, 15) is 27.3 Å². The van der Waals surface area contributed by atoms with Crippen LogP contribution in [0.4, 0.5) is 23.7 Å². The first-order valence-corrected chi connectivity index (χ1v) is 15.8. The SMILES string of the molecule is CCOC(=O)[C@H](C)OP(=O)(CCNCCc1cc2c(cc1Cl)[C@@](C#CC1CC1)(C(F)(F)F)OC(=O)N2)Oc1ccccc1. The monoisotopic (exact) mass is 642 g/mol. The number of halogens is 4. The van der Waals surface area contributed by atoms with Gasteiger partial charge in [0.15, 0.2) is 6.10 Å². The molecule has 1 amide bonds. The largest absolute Gasteiger partial charge is 0.464 e. The molecule has 1 aliphatic heterocycles. The van der Waals surface area contributed by atoms with Crippen molar-refractivity contribution < 1.29 is 45.8 Å². The van der Waals surface area contributed by atoms with E-state index in [0.717, 1.165) is 6.07 Å². The fourth-order valence-electron chi connectivity index (χ4n) is 4.21. The number of anilines is 1. The van der Waals surface area contributed by atoms with E-state index in [1.54, 1.807) is 37.3 Å². The van der Waals surface area contributed by atoms with Crippen molar-refractivity contribution >= 4 is 36.9 Å². The molecular weight excluding hydrogens is 612 g/mol. The molecule has 0 spiro atoms. The van der Waals surface area contributed by atoms with Crippen LogP contribution in [0.3, 0.4) is 0 Å². The van der Waals surface area contributed by atoms with Gasteiger partial charge in [-0.15, -0.1) is 0 Å². The fourth-order valence-corrected chi connectivity index (χ4v) is 6.15. The van der Waals surface area contributed by atoms with Crippen LogP contribution in [0, 0.1) is 17.8 Å². The molecule has 2 aliphatic rings. The van der Waals surface area contributed by atoms with Gasteiger partial charge in [0.1, 0.15) is 5.75 Å². The molecule has 4 rings (SSSR count). The number of amides is 1. The van der Waals surface area contributed by atoms with Crippen LogP contribution in [0.15, 0.2) is 42.5 Å². The first-order chi connectivity index (χ1) is 20.4. The highest BCUT2D eigenvalue weighted by molar-refractivity contribution is 7.54. The molecule has 9 nitrogen and oxygen atoms in total. The zero-order valence-corrected chi connectivity index (χ0v) is 25.1. The van der Waals surface area contributed by atoms with Gasteiger partial charge in [0, 0.05) is 23.0 Å². The molecule has 1 unspecified atom stereocenters. The van der Waals surface area contributed by atoms with Crippen molar-refractivity contribution in [3.05, 3.63) is 58.6 Å². The van der Waals surface area contributed by atoms with Gasteiger partial charge in [-0.3, -0.25) is 9.84 Å². The quantitative estimate of drug-likeness (QED) is 0.118. The van der Waals surface area contributed by atoms with Gasteiger partial charge in [-0.05, 0) is 75.4 Å². The number of para-hydroxylation sites is 1. The number of rotatable bonds is 12. The minimum absolute atomic E-state index is 0.0341. The maximum Gasteiger partial charge on any atom is 0.445 e. The van der Waals surface area contributed by atoms with E-state index >= 15 is 0 Å². The fraction of sp³-hybridized carbons (Fsp3) is 0.448. The summed E-state index contributed by atoms with van der Waals surface area (Å²) in [5.41, 5.74) is -3.16. The molecule has 0 radical (unpaired) electrons. The number of esters is 1.